The number of aryl methyl sites for hydroxylation is 3. The third-order valence-electron chi connectivity index (χ3n) is 4.02. The van der Waals surface area contributed by atoms with Crippen molar-refractivity contribution >= 4 is 21.6 Å². The number of hydrogen-bond donors (Lipinski definition) is 2. The van der Waals surface area contributed by atoms with Crippen LogP contribution < -0.4 is 10.0 Å². The van der Waals surface area contributed by atoms with Crippen LogP contribution in [0.5, 0.6) is 0 Å². The van der Waals surface area contributed by atoms with Crippen LogP contribution in [0.4, 0.5) is 5.69 Å². The second-order valence-corrected chi connectivity index (χ2v) is 8.21. The van der Waals surface area contributed by atoms with Crippen LogP contribution in [0.3, 0.4) is 0 Å². The summed E-state index contributed by atoms with van der Waals surface area (Å²) in [5.74, 6) is -0.193. The van der Waals surface area contributed by atoms with E-state index in [0.29, 0.717) is 16.8 Å². The smallest absolute Gasteiger partial charge is 0.251 e. The van der Waals surface area contributed by atoms with Gasteiger partial charge >= 0.3 is 0 Å². The van der Waals surface area contributed by atoms with Crippen molar-refractivity contribution in [2.75, 3.05) is 11.0 Å². The average molecular weight is 360 g/mol. The van der Waals surface area contributed by atoms with Crippen LogP contribution in [0.1, 0.15) is 45.6 Å². The molecule has 1 amide bonds. The summed E-state index contributed by atoms with van der Waals surface area (Å²) in [5, 5.41) is 2.99. The number of amides is 1. The zero-order valence-electron chi connectivity index (χ0n) is 15.2. The van der Waals surface area contributed by atoms with Gasteiger partial charge in [0.1, 0.15) is 0 Å². The topological polar surface area (TPSA) is 75.3 Å². The maximum absolute atomic E-state index is 12.5. The normalized spacial score (nSPS) is 12.5. The number of sulfonamides is 1. The lowest BCUT2D eigenvalue weighted by Crippen LogP contribution is -2.27. The van der Waals surface area contributed by atoms with Crippen LogP contribution in [0.25, 0.3) is 0 Å². The fourth-order valence-electron chi connectivity index (χ4n) is 2.79. The Morgan fingerprint density at radius 1 is 1.00 bits per heavy atom. The van der Waals surface area contributed by atoms with Gasteiger partial charge in [-0.3, -0.25) is 9.52 Å². The first-order chi connectivity index (χ1) is 11.6. The SMILES string of the molecule is Cc1ccc(C(C)NC(=O)c2ccc(NS(C)(=O)=O)c(C)c2)c(C)c1. The van der Waals surface area contributed by atoms with Gasteiger partial charge in [0.05, 0.1) is 18.0 Å². The fourth-order valence-corrected chi connectivity index (χ4v) is 3.42. The highest BCUT2D eigenvalue weighted by molar-refractivity contribution is 7.92. The van der Waals surface area contributed by atoms with Crippen molar-refractivity contribution < 1.29 is 13.2 Å². The molecule has 1 atom stereocenters. The molecule has 0 heterocycles. The summed E-state index contributed by atoms with van der Waals surface area (Å²) in [6, 6.07) is 10.9. The maximum Gasteiger partial charge on any atom is 0.251 e. The van der Waals surface area contributed by atoms with Crippen molar-refractivity contribution in [3.63, 3.8) is 0 Å². The van der Waals surface area contributed by atoms with Gasteiger partial charge in [-0.1, -0.05) is 23.8 Å². The molecule has 0 spiro atoms. The maximum atomic E-state index is 12.5. The second kappa shape index (κ2) is 7.27. The number of benzene rings is 2. The molecular formula is C19H24N2O3S. The Bertz CT molecular complexity index is 905. The molecule has 5 nitrogen and oxygen atoms in total. The molecule has 0 saturated heterocycles. The predicted octanol–water partition coefficient (Wildman–Crippen LogP) is 3.47. The average Bonchev–Trinajstić information content (AvgIpc) is 2.47. The van der Waals surface area contributed by atoms with E-state index in [0.717, 1.165) is 17.4 Å². The Hall–Kier alpha value is -2.34. The van der Waals surface area contributed by atoms with Gasteiger partial charge in [0.25, 0.3) is 5.91 Å². The van der Waals surface area contributed by atoms with Crippen molar-refractivity contribution in [3.05, 3.63) is 64.2 Å². The molecule has 1 unspecified atom stereocenters. The zero-order valence-corrected chi connectivity index (χ0v) is 16.0. The first-order valence-electron chi connectivity index (χ1n) is 8.03. The molecule has 0 fully saturated rings. The highest BCUT2D eigenvalue weighted by atomic mass is 32.2. The molecule has 134 valence electrons. The molecule has 0 aromatic heterocycles. The minimum absolute atomic E-state index is 0.123. The molecule has 0 radical (unpaired) electrons. The third-order valence-corrected chi connectivity index (χ3v) is 4.61. The van der Waals surface area contributed by atoms with Crippen molar-refractivity contribution in [2.45, 2.75) is 33.7 Å². The molecule has 2 rings (SSSR count). The van der Waals surface area contributed by atoms with Crippen LogP contribution in [-0.4, -0.2) is 20.6 Å². The standard InChI is InChI=1S/C19H24N2O3S/c1-12-6-8-17(13(2)10-12)15(4)20-19(22)16-7-9-18(14(3)11-16)21-25(5,23)24/h6-11,15,21H,1-5H3,(H,20,22). The van der Waals surface area contributed by atoms with Crippen LogP contribution in [0.15, 0.2) is 36.4 Å². The molecule has 0 bridgehead atoms. The molecule has 0 aliphatic heterocycles. The van der Waals surface area contributed by atoms with Crippen molar-refractivity contribution in [2.24, 2.45) is 0 Å². The lowest BCUT2D eigenvalue weighted by atomic mass is 10.00. The van der Waals surface area contributed by atoms with Gasteiger partial charge in [-0.05, 0) is 62.6 Å². The van der Waals surface area contributed by atoms with Crippen LogP contribution in [-0.2, 0) is 10.0 Å². The van der Waals surface area contributed by atoms with E-state index in [9.17, 15) is 13.2 Å². The third kappa shape index (κ3) is 5.06. The summed E-state index contributed by atoms with van der Waals surface area (Å²) in [7, 11) is -3.35. The first kappa shape index (κ1) is 19.0. The van der Waals surface area contributed by atoms with Gasteiger partial charge in [0.2, 0.25) is 10.0 Å². The summed E-state index contributed by atoms with van der Waals surface area (Å²) in [6.07, 6.45) is 1.10. The van der Waals surface area contributed by atoms with E-state index in [1.54, 1.807) is 25.1 Å². The molecule has 0 aliphatic rings. The minimum Gasteiger partial charge on any atom is -0.346 e. The molecule has 0 aliphatic carbocycles. The Labute approximate surface area is 149 Å². The van der Waals surface area contributed by atoms with Gasteiger partial charge in [-0.2, -0.15) is 0 Å². The minimum atomic E-state index is -3.35. The molecule has 2 N–H and O–H groups in total. The number of carbonyl (C=O) groups is 1. The quantitative estimate of drug-likeness (QED) is 0.857. The molecule has 0 saturated carbocycles. The molecular weight excluding hydrogens is 336 g/mol. The molecule has 2 aromatic rings. The lowest BCUT2D eigenvalue weighted by Gasteiger charge is -2.18. The van der Waals surface area contributed by atoms with E-state index in [2.05, 4.69) is 16.1 Å². The number of rotatable bonds is 5. The van der Waals surface area contributed by atoms with E-state index in [4.69, 9.17) is 0 Å². The fraction of sp³-hybridized carbons (Fsp3) is 0.316. The van der Waals surface area contributed by atoms with Crippen molar-refractivity contribution in [3.8, 4) is 0 Å². The zero-order chi connectivity index (χ0) is 18.8. The highest BCUT2D eigenvalue weighted by Gasteiger charge is 2.14. The summed E-state index contributed by atoms with van der Waals surface area (Å²) < 4.78 is 25.1. The largest absolute Gasteiger partial charge is 0.346 e. The van der Waals surface area contributed by atoms with Gasteiger partial charge in [0, 0.05) is 5.56 Å². The van der Waals surface area contributed by atoms with Crippen LogP contribution in [0.2, 0.25) is 0 Å². The van der Waals surface area contributed by atoms with Crippen LogP contribution >= 0.6 is 0 Å². The van der Waals surface area contributed by atoms with E-state index >= 15 is 0 Å². The Balaban J connectivity index is 2.16. The van der Waals surface area contributed by atoms with Crippen molar-refractivity contribution in [1.29, 1.82) is 0 Å². The van der Waals surface area contributed by atoms with Gasteiger partial charge in [-0.25, -0.2) is 8.42 Å². The second-order valence-electron chi connectivity index (χ2n) is 6.46. The first-order valence-corrected chi connectivity index (χ1v) is 9.92. The Kier molecular flexibility index (Phi) is 5.52. The van der Waals surface area contributed by atoms with Gasteiger partial charge in [0.15, 0.2) is 0 Å². The molecule has 6 heteroatoms. The molecule has 2 aromatic carbocycles. The van der Waals surface area contributed by atoms with E-state index in [1.807, 2.05) is 32.9 Å². The summed E-state index contributed by atoms with van der Waals surface area (Å²) in [6.45, 7) is 7.77. The van der Waals surface area contributed by atoms with Gasteiger partial charge in [-0.15, -0.1) is 0 Å². The van der Waals surface area contributed by atoms with Crippen molar-refractivity contribution in [1.82, 2.24) is 5.32 Å². The van der Waals surface area contributed by atoms with Crippen LogP contribution in [0, 0.1) is 20.8 Å². The number of anilines is 1. The van der Waals surface area contributed by atoms with E-state index < -0.39 is 10.0 Å². The predicted molar refractivity (Wildman–Crippen MR) is 101 cm³/mol. The molecule has 25 heavy (non-hydrogen) atoms. The number of nitrogens with one attached hydrogen (secondary N) is 2. The van der Waals surface area contributed by atoms with Gasteiger partial charge < -0.3 is 5.32 Å². The lowest BCUT2D eigenvalue weighted by molar-refractivity contribution is 0.0939. The Morgan fingerprint density at radius 2 is 1.68 bits per heavy atom. The summed E-state index contributed by atoms with van der Waals surface area (Å²) in [4.78, 5) is 12.5. The Morgan fingerprint density at radius 3 is 2.24 bits per heavy atom. The van der Waals surface area contributed by atoms with E-state index in [-0.39, 0.29) is 11.9 Å². The number of hydrogen-bond acceptors (Lipinski definition) is 3. The van der Waals surface area contributed by atoms with E-state index in [1.165, 1.54) is 5.56 Å². The number of carbonyl (C=O) groups excluding carboxylic acids is 1. The summed E-state index contributed by atoms with van der Waals surface area (Å²) in [5.41, 5.74) is 5.05. The highest BCUT2D eigenvalue weighted by Crippen LogP contribution is 2.21. The summed E-state index contributed by atoms with van der Waals surface area (Å²) >= 11 is 0. The monoisotopic (exact) mass is 360 g/mol.